The van der Waals surface area contributed by atoms with Crippen LogP contribution in [0, 0.1) is 0 Å². The predicted molar refractivity (Wildman–Crippen MR) is 96.6 cm³/mol. The molecule has 0 N–H and O–H groups in total. The van der Waals surface area contributed by atoms with Crippen LogP contribution in [0.2, 0.25) is 5.15 Å². The maximum atomic E-state index is 12.8. The topological polar surface area (TPSA) is 52.7 Å². The number of benzene rings is 1. The van der Waals surface area contributed by atoms with E-state index < -0.39 is 0 Å². The van der Waals surface area contributed by atoms with Gasteiger partial charge in [0.15, 0.2) is 0 Å². The van der Waals surface area contributed by atoms with Gasteiger partial charge in [-0.15, -0.1) is 11.3 Å². The molecule has 0 radical (unpaired) electrons. The molecule has 0 spiro atoms. The van der Waals surface area contributed by atoms with Crippen LogP contribution in [0.1, 0.15) is 5.82 Å². The number of imidazole rings is 1. The molecule has 0 saturated carbocycles. The first kappa shape index (κ1) is 15.1. The van der Waals surface area contributed by atoms with E-state index in [1.54, 1.807) is 21.7 Å². The molecular weight excluding hydrogens is 344 g/mol. The fourth-order valence-electron chi connectivity index (χ4n) is 2.53. The van der Waals surface area contributed by atoms with Gasteiger partial charge >= 0.3 is 0 Å². The van der Waals surface area contributed by atoms with Gasteiger partial charge in [-0.1, -0.05) is 41.9 Å². The summed E-state index contributed by atoms with van der Waals surface area (Å²) < 4.78 is 3.96. The highest BCUT2D eigenvalue weighted by Gasteiger charge is 2.12. The van der Waals surface area contributed by atoms with Crippen molar-refractivity contribution in [2.75, 3.05) is 0 Å². The monoisotopic (exact) mass is 356 g/mol. The van der Waals surface area contributed by atoms with Gasteiger partial charge in [0.2, 0.25) is 0 Å². The summed E-state index contributed by atoms with van der Waals surface area (Å²) in [7, 11) is 1.82. The largest absolute Gasteiger partial charge is 0.321 e. The van der Waals surface area contributed by atoms with Crippen molar-refractivity contribution in [1.82, 2.24) is 19.1 Å². The summed E-state index contributed by atoms with van der Waals surface area (Å²) in [4.78, 5) is 22.4. The third-order valence-corrected chi connectivity index (χ3v) is 5.41. The van der Waals surface area contributed by atoms with E-state index >= 15 is 0 Å². The molecule has 4 aromatic rings. The van der Waals surface area contributed by atoms with Crippen LogP contribution in [0.15, 0.2) is 53.7 Å². The fraction of sp³-hybridized carbons (Fsp3) is 0.118. The van der Waals surface area contributed by atoms with Crippen LogP contribution in [0.4, 0.5) is 0 Å². The van der Waals surface area contributed by atoms with Gasteiger partial charge in [0, 0.05) is 11.9 Å². The van der Waals surface area contributed by atoms with Crippen LogP contribution in [0.25, 0.3) is 20.7 Å². The maximum absolute atomic E-state index is 12.8. The summed E-state index contributed by atoms with van der Waals surface area (Å²) in [5.74, 6) is 0.711. The Morgan fingerprint density at radius 3 is 2.71 bits per heavy atom. The molecule has 0 aliphatic carbocycles. The number of nitrogens with zero attached hydrogens (tertiary/aromatic N) is 4. The molecule has 0 amide bonds. The second-order valence-corrected chi connectivity index (χ2v) is 6.86. The van der Waals surface area contributed by atoms with Crippen molar-refractivity contribution >= 4 is 33.2 Å². The van der Waals surface area contributed by atoms with Gasteiger partial charge < -0.3 is 4.57 Å². The minimum absolute atomic E-state index is 0.0636. The standard InChI is InChI=1S/C17H13ClN4OS/c1-21-14(18)8-19-15(21)9-22-10-20-12-7-13(24-16(12)17(22)23)11-5-3-2-4-6-11/h2-8,10H,9H2,1H3. The Morgan fingerprint density at radius 2 is 2.00 bits per heavy atom. The maximum Gasteiger partial charge on any atom is 0.271 e. The zero-order valence-corrected chi connectivity index (χ0v) is 14.4. The smallest absolute Gasteiger partial charge is 0.271 e. The van der Waals surface area contributed by atoms with Gasteiger partial charge in [-0.3, -0.25) is 9.36 Å². The molecule has 0 atom stereocenters. The lowest BCUT2D eigenvalue weighted by atomic mass is 10.2. The van der Waals surface area contributed by atoms with Crippen molar-refractivity contribution in [2.45, 2.75) is 6.54 Å². The van der Waals surface area contributed by atoms with E-state index in [4.69, 9.17) is 11.6 Å². The Morgan fingerprint density at radius 1 is 1.21 bits per heavy atom. The van der Waals surface area contributed by atoms with E-state index in [1.807, 2.05) is 43.4 Å². The van der Waals surface area contributed by atoms with Crippen LogP contribution in [0.5, 0.6) is 0 Å². The van der Waals surface area contributed by atoms with E-state index in [0.717, 1.165) is 16.0 Å². The number of thiophene rings is 1. The molecule has 3 heterocycles. The summed E-state index contributed by atoms with van der Waals surface area (Å²) in [5.41, 5.74) is 1.74. The van der Waals surface area contributed by atoms with Gasteiger partial charge in [0.25, 0.3) is 5.56 Å². The molecule has 1 aromatic carbocycles. The molecule has 0 saturated heterocycles. The minimum atomic E-state index is -0.0636. The van der Waals surface area contributed by atoms with Gasteiger partial charge in [0.1, 0.15) is 15.7 Å². The van der Waals surface area contributed by atoms with Crippen LogP contribution in [0.3, 0.4) is 0 Å². The lowest BCUT2D eigenvalue weighted by Crippen LogP contribution is -2.21. The summed E-state index contributed by atoms with van der Waals surface area (Å²) in [6.45, 7) is 0.337. The number of rotatable bonds is 3. The quantitative estimate of drug-likeness (QED) is 0.564. The Hall–Kier alpha value is -2.44. The molecule has 0 aliphatic rings. The van der Waals surface area contributed by atoms with Gasteiger partial charge in [-0.2, -0.15) is 0 Å². The highest BCUT2D eigenvalue weighted by molar-refractivity contribution is 7.22. The Kier molecular flexibility index (Phi) is 3.70. The fourth-order valence-corrected chi connectivity index (χ4v) is 3.74. The zero-order chi connectivity index (χ0) is 16.7. The SMILES string of the molecule is Cn1c(Cl)cnc1Cn1cnc2cc(-c3ccccc3)sc2c1=O. The lowest BCUT2D eigenvalue weighted by molar-refractivity contribution is 0.674. The van der Waals surface area contributed by atoms with Gasteiger partial charge in [-0.25, -0.2) is 9.97 Å². The summed E-state index contributed by atoms with van der Waals surface area (Å²) in [5, 5.41) is 0.537. The third-order valence-electron chi connectivity index (χ3n) is 3.90. The van der Waals surface area contributed by atoms with Crippen LogP contribution < -0.4 is 5.56 Å². The average molecular weight is 357 g/mol. The molecule has 0 unspecified atom stereocenters. The zero-order valence-electron chi connectivity index (χ0n) is 12.8. The van der Waals surface area contributed by atoms with Crippen LogP contribution in [-0.4, -0.2) is 19.1 Å². The number of hydrogen-bond acceptors (Lipinski definition) is 4. The first-order chi connectivity index (χ1) is 11.6. The number of fused-ring (bicyclic) bond motifs is 1. The van der Waals surface area contributed by atoms with Crippen molar-refractivity contribution in [1.29, 1.82) is 0 Å². The predicted octanol–water partition coefficient (Wildman–Crippen LogP) is 3.56. The van der Waals surface area contributed by atoms with Crippen molar-refractivity contribution in [3.63, 3.8) is 0 Å². The number of halogens is 1. The third kappa shape index (κ3) is 2.53. The molecule has 24 heavy (non-hydrogen) atoms. The van der Waals surface area contributed by atoms with Crippen molar-refractivity contribution in [2.24, 2.45) is 7.05 Å². The van der Waals surface area contributed by atoms with Crippen molar-refractivity contribution in [3.05, 3.63) is 70.3 Å². The molecule has 5 nitrogen and oxygen atoms in total. The first-order valence-corrected chi connectivity index (χ1v) is 8.53. The van der Waals surface area contributed by atoms with Crippen molar-refractivity contribution < 1.29 is 0 Å². The van der Waals surface area contributed by atoms with Gasteiger partial charge in [-0.05, 0) is 11.6 Å². The molecule has 7 heteroatoms. The molecule has 3 aromatic heterocycles. The number of aromatic nitrogens is 4. The minimum Gasteiger partial charge on any atom is -0.321 e. The lowest BCUT2D eigenvalue weighted by Gasteiger charge is -2.05. The van der Waals surface area contributed by atoms with E-state index in [-0.39, 0.29) is 5.56 Å². The Labute approximate surface area is 146 Å². The van der Waals surface area contributed by atoms with E-state index in [2.05, 4.69) is 9.97 Å². The normalized spacial score (nSPS) is 11.2. The van der Waals surface area contributed by atoms with E-state index in [9.17, 15) is 4.79 Å². The summed E-state index contributed by atoms with van der Waals surface area (Å²) in [6, 6.07) is 11.9. The van der Waals surface area contributed by atoms with Crippen LogP contribution >= 0.6 is 22.9 Å². The molecule has 0 aliphatic heterocycles. The molecule has 0 fully saturated rings. The molecule has 120 valence electrons. The van der Waals surface area contributed by atoms with E-state index in [1.165, 1.54) is 11.3 Å². The molecule has 0 bridgehead atoms. The first-order valence-electron chi connectivity index (χ1n) is 7.34. The van der Waals surface area contributed by atoms with Crippen LogP contribution in [-0.2, 0) is 13.6 Å². The average Bonchev–Trinajstić information content (AvgIpc) is 3.17. The second kappa shape index (κ2) is 5.89. The van der Waals surface area contributed by atoms with Gasteiger partial charge in [0.05, 0.1) is 24.6 Å². The highest BCUT2D eigenvalue weighted by Crippen LogP contribution is 2.30. The summed E-state index contributed by atoms with van der Waals surface area (Å²) >= 11 is 7.46. The summed E-state index contributed by atoms with van der Waals surface area (Å²) in [6.07, 6.45) is 3.14. The van der Waals surface area contributed by atoms with E-state index in [0.29, 0.717) is 22.2 Å². The Bertz CT molecular complexity index is 1080. The molecule has 4 rings (SSSR count). The second-order valence-electron chi connectivity index (χ2n) is 5.42. The molecular formula is C17H13ClN4OS. The Balaban J connectivity index is 1.78. The highest BCUT2D eigenvalue weighted by atomic mass is 35.5. The van der Waals surface area contributed by atoms with Crippen molar-refractivity contribution in [3.8, 4) is 10.4 Å². The number of hydrogen-bond donors (Lipinski definition) is 0.